The maximum atomic E-state index is 11.5. The molecule has 0 aliphatic rings. The first kappa shape index (κ1) is 13.1. The van der Waals surface area contributed by atoms with E-state index in [-0.39, 0.29) is 5.91 Å². The lowest BCUT2D eigenvalue weighted by molar-refractivity contribution is -0.124. The molecule has 4 heteroatoms. The zero-order chi connectivity index (χ0) is 12.2. The highest BCUT2D eigenvalue weighted by Crippen LogP contribution is 2.23. The van der Waals surface area contributed by atoms with Crippen molar-refractivity contribution in [1.29, 1.82) is 0 Å². The SMILES string of the molecule is CCNC(C)(C(N)=O)c1ccc(SC)cc1. The number of rotatable bonds is 5. The Morgan fingerprint density at radius 3 is 2.38 bits per heavy atom. The molecule has 0 saturated carbocycles. The van der Waals surface area contributed by atoms with Crippen molar-refractivity contribution in [3.8, 4) is 0 Å². The van der Waals surface area contributed by atoms with Gasteiger partial charge in [0.1, 0.15) is 5.54 Å². The summed E-state index contributed by atoms with van der Waals surface area (Å²) in [6.07, 6.45) is 2.02. The van der Waals surface area contributed by atoms with Gasteiger partial charge in [-0.3, -0.25) is 4.79 Å². The molecule has 0 radical (unpaired) electrons. The Kier molecular flexibility index (Phi) is 4.38. The van der Waals surface area contributed by atoms with Crippen LogP contribution in [0.5, 0.6) is 0 Å². The topological polar surface area (TPSA) is 55.1 Å². The van der Waals surface area contributed by atoms with Crippen molar-refractivity contribution in [2.24, 2.45) is 5.73 Å². The summed E-state index contributed by atoms with van der Waals surface area (Å²) in [5.74, 6) is -0.355. The molecule has 1 aromatic carbocycles. The minimum atomic E-state index is -0.786. The molecule has 1 amide bonds. The Balaban J connectivity index is 3.06. The van der Waals surface area contributed by atoms with Gasteiger partial charge in [0.25, 0.3) is 0 Å². The van der Waals surface area contributed by atoms with Gasteiger partial charge >= 0.3 is 0 Å². The molecule has 88 valence electrons. The minimum absolute atomic E-state index is 0.355. The predicted octanol–water partition coefficient (Wildman–Crippen LogP) is 1.72. The second kappa shape index (κ2) is 5.37. The predicted molar refractivity (Wildman–Crippen MR) is 68.4 cm³/mol. The van der Waals surface area contributed by atoms with E-state index in [0.717, 1.165) is 5.56 Å². The third-order valence-corrected chi connectivity index (χ3v) is 3.43. The summed E-state index contributed by atoms with van der Waals surface area (Å²) >= 11 is 1.67. The minimum Gasteiger partial charge on any atom is -0.368 e. The van der Waals surface area contributed by atoms with E-state index in [4.69, 9.17) is 5.73 Å². The van der Waals surface area contributed by atoms with Crippen molar-refractivity contribution < 1.29 is 4.79 Å². The molecule has 0 spiro atoms. The van der Waals surface area contributed by atoms with Gasteiger partial charge in [-0.25, -0.2) is 0 Å². The molecule has 0 saturated heterocycles. The van der Waals surface area contributed by atoms with E-state index in [0.29, 0.717) is 6.54 Å². The molecular weight excluding hydrogens is 220 g/mol. The van der Waals surface area contributed by atoms with Crippen LogP contribution in [0.25, 0.3) is 0 Å². The number of hydrogen-bond acceptors (Lipinski definition) is 3. The normalized spacial score (nSPS) is 14.4. The van der Waals surface area contributed by atoms with Crippen molar-refractivity contribution in [1.82, 2.24) is 5.32 Å². The van der Waals surface area contributed by atoms with E-state index in [2.05, 4.69) is 5.32 Å². The van der Waals surface area contributed by atoms with E-state index < -0.39 is 5.54 Å². The summed E-state index contributed by atoms with van der Waals surface area (Å²) in [5, 5.41) is 3.13. The fraction of sp³-hybridized carbons (Fsp3) is 0.417. The summed E-state index contributed by atoms with van der Waals surface area (Å²) in [6, 6.07) is 7.88. The lowest BCUT2D eigenvalue weighted by atomic mass is 9.91. The lowest BCUT2D eigenvalue weighted by Crippen LogP contribution is -2.50. The first-order chi connectivity index (χ1) is 7.54. The zero-order valence-corrected chi connectivity index (χ0v) is 10.7. The van der Waals surface area contributed by atoms with Crippen LogP contribution < -0.4 is 11.1 Å². The highest BCUT2D eigenvalue weighted by molar-refractivity contribution is 7.98. The number of amides is 1. The van der Waals surface area contributed by atoms with Gasteiger partial charge in [-0.1, -0.05) is 19.1 Å². The van der Waals surface area contributed by atoms with Crippen LogP contribution >= 0.6 is 11.8 Å². The Bertz CT molecular complexity index is 364. The van der Waals surface area contributed by atoms with E-state index in [9.17, 15) is 4.79 Å². The summed E-state index contributed by atoms with van der Waals surface area (Å²) < 4.78 is 0. The average Bonchev–Trinajstić information content (AvgIpc) is 2.29. The van der Waals surface area contributed by atoms with E-state index >= 15 is 0 Å². The smallest absolute Gasteiger partial charge is 0.242 e. The Morgan fingerprint density at radius 1 is 1.44 bits per heavy atom. The second-order valence-corrected chi connectivity index (χ2v) is 4.63. The maximum absolute atomic E-state index is 11.5. The first-order valence-electron chi connectivity index (χ1n) is 5.24. The first-order valence-corrected chi connectivity index (χ1v) is 6.46. The number of likely N-dealkylation sites (N-methyl/N-ethyl adjacent to an activating group) is 1. The molecule has 0 aliphatic heterocycles. The highest BCUT2D eigenvalue weighted by atomic mass is 32.2. The number of primary amides is 1. The number of nitrogens with one attached hydrogen (secondary N) is 1. The zero-order valence-electron chi connectivity index (χ0n) is 9.91. The van der Waals surface area contributed by atoms with Crippen LogP contribution in [0.2, 0.25) is 0 Å². The standard InChI is InChI=1S/C12H18N2OS/c1-4-14-12(2,11(13)15)9-5-7-10(16-3)8-6-9/h5-8,14H,4H2,1-3H3,(H2,13,15). The summed E-state index contributed by atoms with van der Waals surface area (Å²) in [5.41, 5.74) is 5.57. The number of thioether (sulfide) groups is 1. The highest BCUT2D eigenvalue weighted by Gasteiger charge is 2.31. The molecule has 0 heterocycles. The van der Waals surface area contributed by atoms with Crippen LogP contribution in [0.3, 0.4) is 0 Å². The fourth-order valence-electron chi connectivity index (χ4n) is 1.61. The molecule has 1 rings (SSSR count). The largest absolute Gasteiger partial charge is 0.368 e. The van der Waals surface area contributed by atoms with Gasteiger partial charge in [-0.05, 0) is 37.4 Å². The molecule has 1 unspecified atom stereocenters. The van der Waals surface area contributed by atoms with Gasteiger partial charge in [0.05, 0.1) is 0 Å². The summed E-state index contributed by atoms with van der Waals surface area (Å²) in [7, 11) is 0. The number of benzene rings is 1. The van der Waals surface area contributed by atoms with Gasteiger partial charge in [0.15, 0.2) is 0 Å². The van der Waals surface area contributed by atoms with Gasteiger partial charge in [0, 0.05) is 4.90 Å². The molecule has 0 aliphatic carbocycles. The number of carbonyl (C=O) groups excluding carboxylic acids is 1. The van der Waals surface area contributed by atoms with Crippen molar-refractivity contribution in [3.05, 3.63) is 29.8 Å². The van der Waals surface area contributed by atoms with Gasteiger partial charge in [-0.2, -0.15) is 0 Å². The molecule has 1 atom stereocenters. The van der Waals surface area contributed by atoms with Crippen LogP contribution in [0.4, 0.5) is 0 Å². The molecule has 3 nitrogen and oxygen atoms in total. The molecule has 0 fully saturated rings. The second-order valence-electron chi connectivity index (χ2n) is 3.75. The quantitative estimate of drug-likeness (QED) is 0.768. The summed E-state index contributed by atoms with van der Waals surface area (Å²) in [4.78, 5) is 12.7. The van der Waals surface area contributed by atoms with Gasteiger partial charge < -0.3 is 11.1 Å². The van der Waals surface area contributed by atoms with Crippen molar-refractivity contribution in [2.75, 3.05) is 12.8 Å². The monoisotopic (exact) mass is 238 g/mol. The maximum Gasteiger partial charge on any atom is 0.242 e. The van der Waals surface area contributed by atoms with E-state index in [1.165, 1.54) is 4.90 Å². The van der Waals surface area contributed by atoms with Crippen LogP contribution in [-0.4, -0.2) is 18.7 Å². The van der Waals surface area contributed by atoms with Crippen LogP contribution in [-0.2, 0) is 10.3 Å². The summed E-state index contributed by atoms with van der Waals surface area (Å²) in [6.45, 7) is 4.47. The third-order valence-electron chi connectivity index (χ3n) is 2.69. The molecule has 0 bridgehead atoms. The molecular formula is C12H18N2OS. The number of nitrogens with two attached hydrogens (primary N) is 1. The van der Waals surface area contributed by atoms with Crippen LogP contribution in [0, 0.1) is 0 Å². The van der Waals surface area contributed by atoms with Crippen LogP contribution in [0.15, 0.2) is 29.2 Å². The Hall–Kier alpha value is -1.00. The van der Waals surface area contributed by atoms with E-state index in [1.54, 1.807) is 11.8 Å². The van der Waals surface area contributed by atoms with Crippen molar-refractivity contribution >= 4 is 17.7 Å². The Labute approximate surface area is 101 Å². The van der Waals surface area contributed by atoms with Gasteiger partial charge in [0.2, 0.25) is 5.91 Å². The van der Waals surface area contributed by atoms with Crippen molar-refractivity contribution in [2.45, 2.75) is 24.3 Å². The molecule has 1 aromatic rings. The van der Waals surface area contributed by atoms with E-state index in [1.807, 2.05) is 44.4 Å². The number of carbonyl (C=O) groups is 1. The molecule has 3 N–H and O–H groups in total. The van der Waals surface area contributed by atoms with Crippen molar-refractivity contribution in [3.63, 3.8) is 0 Å². The number of hydrogen-bond donors (Lipinski definition) is 2. The fourth-order valence-corrected chi connectivity index (χ4v) is 2.02. The lowest BCUT2D eigenvalue weighted by Gasteiger charge is -2.27. The third kappa shape index (κ3) is 2.57. The van der Waals surface area contributed by atoms with Crippen LogP contribution in [0.1, 0.15) is 19.4 Å². The Morgan fingerprint density at radius 2 is 2.00 bits per heavy atom. The molecule has 16 heavy (non-hydrogen) atoms. The molecule has 0 aromatic heterocycles. The average molecular weight is 238 g/mol. The van der Waals surface area contributed by atoms with Gasteiger partial charge in [-0.15, -0.1) is 11.8 Å².